The third-order valence-corrected chi connectivity index (χ3v) is 4.09. The molecule has 3 rings (SSSR count). The molecule has 1 aromatic carbocycles. The molecular weight excluding hydrogens is 339 g/mol. The average Bonchev–Trinajstić information content (AvgIpc) is 3.18. The van der Waals surface area contributed by atoms with Gasteiger partial charge in [-0.15, -0.1) is 0 Å². The molecule has 130 valence electrons. The minimum atomic E-state index is -0.238. The first-order chi connectivity index (χ1) is 12.0. The van der Waals surface area contributed by atoms with E-state index in [9.17, 15) is 4.39 Å². The minimum Gasteiger partial charge on any atom is -0.346 e. The first-order valence-electron chi connectivity index (χ1n) is 7.79. The Hall–Kier alpha value is -2.74. The van der Waals surface area contributed by atoms with Crippen molar-refractivity contribution in [1.29, 1.82) is 0 Å². The summed E-state index contributed by atoms with van der Waals surface area (Å²) in [5.41, 5.74) is 1.52. The monoisotopic (exact) mass is 358 g/mol. The molecule has 0 atom stereocenters. The van der Waals surface area contributed by atoms with Crippen LogP contribution in [0.15, 0.2) is 48.8 Å². The molecule has 0 saturated carbocycles. The average molecular weight is 358 g/mol. The highest BCUT2D eigenvalue weighted by molar-refractivity contribution is 7.80. The van der Waals surface area contributed by atoms with E-state index in [1.807, 2.05) is 43.4 Å². The van der Waals surface area contributed by atoms with Crippen LogP contribution in [0.3, 0.4) is 0 Å². The Morgan fingerprint density at radius 1 is 1.20 bits per heavy atom. The van der Waals surface area contributed by atoms with Crippen molar-refractivity contribution in [3.8, 4) is 0 Å². The highest BCUT2D eigenvalue weighted by atomic mass is 32.1. The molecule has 0 aliphatic carbocycles. The molecule has 6 nitrogen and oxygen atoms in total. The van der Waals surface area contributed by atoms with Crippen LogP contribution in [0.25, 0.3) is 0 Å². The number of rotatable bonds is 5. The van der Waals surface area contributed by atoms with Gasteiger partial charge in [0.25, 0.3) is 0 Å². The number of nitrogens with one attached hydrogen (secondary N) is 1. The number of nitrogens with zero attached hydrogens (tertiary/aromatic N) is 5. The number of halogens is 1. The Morgan fingerprint density at radius 2 is 2.00 bits per heavy atom. The van der Waals surface area contributed by atoms with Crippen LogP contribution in [0.4, 0.5) is 10.2 Å². The highest BCUT2D eigenvalue weighted by Gasteiger charge is 2.09. The highest BCUT2D eigenvalue weighted by Crippen LogP contribution is 2.11. The molecule has 2 aromatic heterocycles. The van der Waals surface area contributed by atoms with Crippen LogP contribution in [0.5, 0.6) is 0 Å². The number of aromatic nitrogens is 4. The van der Waals surface area contributed by atoms with Crippen molar-refractivity contribution in [2.45, 2.75) is 13.1 Å². The van der Waals surface area contributed by atoms with E-state index in [4.69, 9.17) is 12.2 Å². The van der Waals surface area contributed by atoms with E-state index >= 15 is 0 Å². The fraction of sp³-hybridized carbons (Fsp3) is 0.235. The summed E-state index contributed by atoms with van der Waals surface area (Å²) in [4.78, 5) is 1.88. The fourth-order valence-electron chi connectivity index (χ4n) is 2.38. The molecule has 2 heterocycles. The lowest BCUT2D eigenvalue weighted by atomic mass is 10.2. The fourth-order valence-corrected chi connectivity index (χ4v) is 2.55. The second kappa shape index (κ2) is 7.43. The lowest BCUT2D eigenvalue weighted by molar-refractivity contribution is 0.495. The molecule has 0 aliphatic rings. The summed E-state index contributed by atoms with van der Waals surface area (Å²) in [6.45, 7) is 0.966. The van der Waals surface area contributed by atoms with Gasteiger partial charge in [-0.25, -0.2) is 4.39 Å². The first-order valence-corrected chi connectivity index (χ1v) is 8.19. The van der Waals surface area contributed by atoms with Crippen LogP contribution in [-0.4, -0.2) is 36.6 Å². The Labute approximate surface area is 150 Å². The second-order valence-electron chi connectivity index (χ2n) is 5.76. The summed E-state index contributed by atoms with van der Waals surface area (Å²) in [5, 5.41) is 12.3. The van der Waals surface area contributed by atoms with Crippen molar-refractivity contribution in [2.24, 2.45) is 7.05 Å². The molecule has 0 spiro atoms. The zero-order valence-electron chi connectivity index (χ0n) is 14.1. The van der Waals surface area contributed by atoms with Gasteiger partial charge in [0, 0.05) is 38.1 Å². The van der Waals surface area contributed by atoms with Crippen LogP contribution in [0.2, 0.25) is 0 Å². The van der Waals surface area contributed by atoms with Gasteiger partial charge in [-0.1, -0.05) is 18.2 Å². The van der Waals surface area contributed by atoms with E-state index in [1.165, 1.54) is 6.07 Å². The van der Waals surface area contributed by atoms with E-state index < -0.39 is 0 Å². The Bertz CT molecular complexity index is 871. The van der Waals surface area contributed by atoms with E-state index in [-0.39, 0.29) is 5.82 Å². The van der Waals surface area contributed by atoms with Gasteiger partial charge in [0.1, 0.15) is 5.82 Å². The number of benzene rings is 1. The predicted octanol–water partition coefficient (Wildman–Crippen LogP) is 2.63. The van der Waals surface area contributed by atoms with Gasteiger partial charge < -0.3 is 10.2 Å². The van der Waals surface area contributed by atoms with Crippen LogP contribution in [-0.2, 0) is 20.1 Å². The summed E-state index contributed by atoms with van der Waals surface area (Å²) in [6, 6.07) is 10.4. The lowest BCUT2D eigenvalue weighted by Gasteiger charge is -2.18. The number of thiocarbonyl (C=S) groups is 1. The zero-order chi connectivity index (χ0) is 17.8. The van der Waals surface area contributed by atoms with Crippen LogP contribution >= 0.6 is 12.2 Å². The molecular formula is C17H19FN6S. The Kier molecular flexibility index (Phi) is 5.08. The molecule has 1 N–H and O–H groups in total. The lowest BCUT2D eigenvalue weighted by Crippen LogP contribution is -2.31. The molecule has 8 heteroatoms. The van der Waals surface area contributed by atoms with Crippen molar-refractivity contribution in [3.63, 3.8) is 0 Å². The van der Waals surface area contributed by atoms with Crippen LogP contribution in [0.1, 0.15) is 11.3 Å². The third kappa shape index (κ3) is 4.42. The number of hydrogen-bond acceptors (Lipinski definition) is 3. The third-order valence-electron chi connectivity index (χ3n) is 3.68. The molecule has 0 radical (unpaired) electrons. The topological polar surface area (TPSA) is 50.9 Å². The van der Waals surface area contributed by atoms with Crippen molar-refractivity contribution in [1.82, 2.24) is 24.5 Å². The van der Waals surface area contributed by atoms with Crippen molar-refractivity contribution >= 4 is 23.1 Å². The Balaban J connectivity index is 1.59. The molecule has 0 fully saturated rings. The van der Waals surface area contributed by atoms with E-state index in [1.54, 1.807) is 27.7 Å². The van der Waals surface area contributed by atoms with Crippen LogP contribution < -0.4 is 5.32 Å². The number of hydrogen-bond donors (Lipinski definition) is 1. The van der Waals surface area contributed by atoms with Gasteiger partial charge >= 0.3 is 0 Å². The summed E-state index contributed by atoms with van der Waals surface area (Å²) >= 11 is 5.40. The molecule has 0 unspecified atom stereocenters. The first kappa shape index (κ1) is 17.1. The number of aryl methyl sites for hydroxylation is 1. The van der Waals surface area contributed by atoms with Crippen molar-refractivity contribution < 1.29 is 4.39 Å². The molecule has 25 heavy (non-hydrogen) atoms. The SMILES string of the molecule is CN(Cc1ccn(C)n1)C(=S)Nc1ccn(Cc2ccccc2F)n1. The van der Waals surface area contributed by atoms with Crippen molar-refractivity contribution in [3.05, 3.63) is 65.9 Å². The summed E-state index contributed by atoms with van der Waals surface area (Å²) in [5.74, 6) is 0.382. The van der Waals surface area contributed by atoms with Gasteiger partial charge in [-0.2, -0.15) is 10.2 Å². The van der Waals surface area contributed by atoms with Gasteiger partial charge in [0.2, 0.25) is 0 Å². The Morgan fingerprint density at radius 3 is 2.72 bits per heavy atom. The molecule has 0 aliphatic heterocycles. The van der Waals surface area contributed by atoms with Crippen molar-refractivity contribution in [2.75, 3.05) is 12.4 Å². The molecule has 0 amide bonds. The zero-order valence-corrected chi connectivity index (χ0v) is 14.9. The summed E-state index contributed by atoms with van der Waals surface area (Å²) < 4.78 is 17.1. The maximum absolute atomic E-state index is 13.7. The standard InChI is InChI=1S/C17H19FN6S/c1-22(12-14-7-9-23(2)20-14)17(25)19-16-8-10-24(21-16)11-13-5-3-4-6-15(13)18/h3-10H,11-12H2,1-2H3,(H,19,21,25). The van der Waals surface area contributed by atoms with E-state index in [0.29, 0.717) is 29.6 Å². The summed E-state index contributed by atoms with van der Waals surface area (Å²) in [7, 11) is 3.77. The van der Waals surface area contributed by atoms with E-state index in [0.717, 1.165) is 5.69 Å². The molecule has 0 bridgehead atoms. The van der Waals surface area contributed by atoms with Gasteiger partial charge in [-0.05, 0) is 24.4 Å². The maximum Gasteiger partial charge on any atom is 0.174 e. The molecule has 3 aromatic rings. The van der Waals surface area contributed by atoms with Gasteiger partial charge in [-0.3, -0.25) is 9.36 Å². The summed E-state index contributed by atoms with van der Waals surface area (Å²) in [6.07, 6.45) is 3.68. The smallest absolute Gasteiger partial charge is 0.174 e. The second-order valence-corrected chi connectivity index (χ2v) is 6.14. The van der Waals surface area contributed by atoms with Crippen LogP contribution in [0, 0.1) is 5.82 Å². The maximum atomic E-state index is 13.7. The van der Waals surface area contributed by atoms with Gasteiger partial charge in [0.05, 0.1) is 18.8 Å². The minimum absolute atomic E-state index is 0.238. The van der Waals surface area contributed by atoms with E-state index in [2.05, 4.69) is 15.5 Å². The largest absolute Gasteiger partial charge is 0.346 e. The van der Waals surface area contributed by atoms with Gasteiger partial charge in [0.15, 0.2) is 10.9 Å². The number of anilines is 1. The molecule has 0 saturated heterocycles. The predicted molar refractivity (Wildman–Crippen MR) is 98.6 cm³/mol. The quantitative estimate of drug-likeness (QED) is 0.711. The normalized spacial score (nSPS) is 10.7.